The number of fused-ring (bicyclic) bond motifs is 2. The van der Waals surface area contributed by atoms with Gasteiger partial charge in [0.25, 0.3) is 0 Å². The molecule has 0 spiro atoms. The quantitative estimate of drug-likeness (QED) is 0.430. The van der Waals surface area contributed by atoms with Crippen LogP contribution in [0.3, 0.4) is 0 Å². The molecule has 8 rings (SSSR count). The van der Waals surface area contributed by atoms with E-state index in [2.05, 4.69) is 88.9 Å². The van der Waals surface area contributed by atoms with Gasteiger partial charge in [-0.2, -0.15) is 0 Å². The van der Waals surface area contributed by atoms with Gasteiger partial charge in [-0.1, -0.05) is 72.8 Å². The van der Waals surface area contributed by atoms with Crippen molar-refractivity contribution in [2.75, 3.05) is 13.1 Å². The SMILES string of the molecule is O=C(O)C12CN(Cc3ccccc3)CC1C1(c3c[nH]c4ccccc34)CCC2c2ccccc21. The largest absolute Gasteiger partial charge is 0.481 e. The van der Waals surface area contributed by atoms with Gasteiger partial charge in [0.2, 0.25) is 0 Å². The number of H-pyrrole nitrogens is 1. The summed E-state index contributed by atoms with van der Waals surface area (Å²) in [5, 5.41) is 12.1. The maximum Gasteiger partial charge on any atom is 0.311 e. The van der Waals surface area contributed by atoms with Crippen molar-refractivity contribution < 1.29 is 9.90 Å². The third kappa shape index (κ3) is 2.44. The number of hydrogen-bond acceptors (Lipinski definition) is 2. The normalized spacial score (nSPS) is 29.8. The fraction of sp³-hybridized carbons (Fsp3) is 0.300. The highest BCUT2D eigenvalue weighted by Gasteiger charge is 2.70. The number of nitrogens with zero attached hydrogens (tertiary/aromatic N) is 1. The van der Waals surface area contributed by atoms with Crippen molar-refractivity contribution in [3.63, 3.8) is 0 Å². The van der Waals surface area contributed by atoms with E-state index in [9.17, 15) is 9.90 Å². The van der Waals surface area contributed by atoms with Crippen LogP contribution in [-0.2, 0) is 16.8 Å². The molecule has 1 saturated heterocycles. The lowest BCUT2D eigenvalue weighted by molar-refractivity contribution is -0.157. The van der Waals surface area contributed by atoms with Crippen molar-refractivity contribution in [2.24, 2.45) is 11.3 Å². The minimum Gasteiger partial charge on any atom is -0.481 e. The number of para-hydroxylation sites is 1. The van der Waals surface area contributed by atoms with E-state index in [0.29, 0.717) is 6.54 Å². The fourth-order valence-corrected chi connectivity index (χ4v) is 7.92. The van der Waals surface area contributed by atoms with E-state index in [1.54, 1.807) is 0 Å². The van der Waals surface area contributed by atoms with E-state index in [1.807, 2.05) is 6.07 Å². The summed E-state index contributed by atoms with van der Waals surface area (Å²) < 4.78 is 0. The lowest BCUT2D eigenvalue weighted by Gasteiger charge is -2.59. The van der Waals surface area contributed by atoms with E-state index >= 15 is 0 Å². The highest BCUT2D eigenvalue weighted by atomic mass is 16.4. The molecule has 4 atom stereocenters. The predicted molar refractivity (Wildman–Crippen MR) is 133 cm³/mol. The van der Waals surface area contributed by atoms with Crippen LogP contribution in [0.4, 0.5) is 0 Å². The molecule has 1 aliphatic heterocycles. The van der Waals surface area contributed by atoms with Gasteiger partial charge in [-0.25, -0.2) is 0 Å². The Bertz CT molecular complexity index is 1410. The average Bonchev–Trinajstić information content (AvgIpc) is 3.49. The maximum atomic E-state index is 13.3. The molecule has 2 heterocycles. The highest BCUT2D eigenvalue weighted by Crippen LogP contribution is 2.69. The second-order valence-electron chi connectivity index (χ2n) is 10.5. The van der Waals surface area contributed by atoms with Crippen LogP contribution < -0.4 is 0 Å². The Labute approximate surface area is 199 Å². The lowest BCUT2D eigenvalue weighted by Crippen LogP contribution is -2.60. The van der Waals surface area contributed by atoms with Crippen LogP contribution in [0.2, 0.25) is 0 Å². The smallest absolute Gasteiger partial charge is 0.311 e. The Morgan fingerprint density at radius 3 is 2.59 bits per heavy atom. The number of likely N-dealkylation sites (tertiary alicyclic amines) is 1. The molecule has 4 aromatic rings. The molecule has 170 valence electrons. The van der Waals surface area contributed by atoms with Crippen LogP contribution in [0.15, 0.2) is 85.1 Å². The van der Waals surface area contributed by atoms with Crippen molar-refractivity contribution in [1.82, 2.24) is 9.88 Å². The summed E-state index contributed by atoms with van der Waals surface area (Å²) in [5.41, 5.74) is 5.14. The molecule has 4 nitrogen and oxygen atoms in total. The molecule has 0 radical (unpaired) electrons. The van der Waals surface area contributed by atoms with Crippen molar-refractivity contribution in [3.05, 3.63) is 107 Å². The topological polar surface area (TPSA) is 56.3 Å². The molecule has 1 aromatic heterocycles. The summed E-state index contributed by atoms with van der Waals surface area (Å²) in [6, 6.07) is 27.6. The second-order valence-corrected chi connectivity index (χ2v) is 10.5. The number of aromatic amines is 1. The molecule has 3 aliphatic carbocycles. The predicted octanol–water partition coefficient (Wildman–Crippen LogP) is 5.55. The molecule has 4 heteroatoms. The minimum absolute atomic E-state index is 0.0223. The number of benzene rings is 3. The van der Waals surface area contributed by atoms with E-state index in [0.717, 1.165) is 31.4 Å². The van der Waals surface area contributed by atoms with E-state index in [-0.39, 0.29) is 17.3 Å². The molecule has 2 fully saturated rings. The van der Waals surface area contributed by atoms with Gasteiger partial charge in [0, 0.05) is 54.0 Å². The van der Waals surface area contributed by atoms with Gasteiger partial charge in [0.05, 0.1) is 5.41 Å². The molecule has 0 amide bonds. The fourth-order valence-electron chi connectivity index (χ4n) is 7.92. The number of carboxylic acids is 1. The third-order valence-corrected chi connectivity index (χ3v) is 9.13. The summed E-state index contributed by atoms with van der Waals surface area (Å²) >= 11 is 0. The summed E-state index contributed by atoms with van der Waals surface area (Å²) in [6.45, 7) is 2.19. The number of rotatable bonds is 4. The summed E-state index contributed by atoms with van der Waals surface area (Å²) in [6.07, 6.45) is 4.08. The van der Waals surface area contributed by atoms with Gasteiger partial charge in [-0.05, 0) is 41.2 Å². The number of carbonyl (C=O) groups is 1. The molecule has 4 aliphatic rings. The molecule has 4 unspecified atom stereocenters. The number of hydrogen-bond donors (Lipinski definition) is 2. The van der Waals surface area contributed by atoms with Crippen molar-refractivity contribution >= 4 is 16.9 Å². The molecule has 3 aromatic carbocycles. The molecular formula is C30H28N2O2. The Morgan fingerprint density at radius 2 is 1.74 bits per heavy atom. The van der Waals surface area contributed by atoms with Gasteiger partial charge >= 0.3 is 5.97 Å². The number of aromatic nitrogens is 1. The average molecular weight is 449 g/mol. The number of aliphatic carboxylic acids is 1. The standard InChI is InChI=1S/C30H28N2O2/c33-28(34)30-19-32(17-20-8-2-1-3-9-20)18-27(30)29(25-16-31-26-13-7-5-11-22(25)26)15-14-24(30)21-10-4-6-12-23(21)29/h1-13,16,24,27,31H,14-15,17-19H2,(H,33,34). The monoisotopic (exact) mass is 448 g/mol. The van der Waals surface area contributed by atoms with Gasteiger partial charge in [0.1, 0.15) is 0 Å². The molecular weight excluding hydrogens is 420 g/mol. The molecule has 2 bridgehead atoms. The maximum absolute atomic E-state index is 13.3. The van der Waals surface area contributed by atoms with Crippen LogP contribution in [0.1, 0.15) is 41.0 Å². The zero-order chi connectivity index (χ0) is 22.9. The first-order valence-electron chi connectivity index (χ1n) is 12.3. The van der Waals surface area contributed by atoms with Crippen LogP contribution >= 0.6 is 0 Å². The number of carboxylic acid groups (broad SMARTS) is 1. The Morgan fingerprint density at radius 1 is 0.971 bits per heavy atom. The third-order valence-electron chi connectivity index (χ3n) is 9.13. The Kier molecular flexibility index (Phi) is 4.16. The number of nitrogens with one attached hydrogen (secondary N) is 1. The summed E-state index contributed by atoms with van der Waals surface area (Å²) in [5.74, 6) is -0.551. The van der Waals surface area contributed by atoms with Crippen LogP contribution in [0, 0.1) is 11.3 Å². The van der Waals surface area contributed by atoms with Gasteiger partial charge in [-0.15, -0.1) is 0 Å². The van der Waals surface area contributed by atoms with Crippen molar-refractivity contribution in [2.45, 2.75) is 30.7 Å². The minimum atomic E-state index is -0.778. The Hall–Kier alpha value is -3.37. The van der Waals surface area contributed by atoms with E-state index in [4.69, 9.17) is 0 Å². The Balaban J connectivity index is 1.46. The summed E-state index contributed by atoms with van der Waals surface area (Å²) in [4.78, 5) is 19.2. The first-order chi connectivity index (χ1) is 16.6. The zero-order valence-corrected chi connectivity index (χ0v) is 19.1. The lowest BCUT2D eigenvalue weighted by atomic mass is 9.42. The zero-order valence-electron chi connectivity index (χ0n) is 19.1. The molecule has 34 heavy (non-hydrogen) atoms. The highest BCUT2D eigenvalue weighted by molar-refractivity contribution is 5.87. The first-order valence-corrected chi connectivity index (χ1v) is 12.3. The van der Waals surface area contributed by atoms with Crippen LogP contribution in [-0.4, -0.2) is 34.0 Å². The second kappa shape index (κ2) is 7.07. The molecule has 2 N–H and O–H groups in total. The first kappa shape index (κ1) is 20.0. The van der Waals surface area contributed by atoms with E-state index in [1.165, 1.54) is 27.6 Å². The van der Waals surface area contributed by atoms with Gasteiger partial charge in [-0.3, -0.25) is 9.69 Å². The van der Waals surface area contributed by atoms with Crippen molar-refractivity contribution in [1.29, 1.82) is 0 Å². The van der Waals surface area contributed by atoms with Gasteiger partial charge < -0.3 is 10.1 Å². The van der Waals surface area contributed by atoms with Crippen LogP contribution in [0.25, 0.3) is 10.9 Å². The van der Waals surface area contributed by atoms with Crippen molar-refractivity contribution in [3.8, 4) is 0 Å². The van der Waals surface area contributed by atoms with E-state index < -0.39 is 11.4 Å². The van der Waals surface area contributed by atoms with Gasteiger partial charge in [0.15, 0.2) is 0 Å². The summed E-state index contributed by atoms with van der Waals surface area (Å²) in [7, 11) is 0. The van der Waals surface area contributed by atoms with Crippen LogP contribution in [0.5, 0.6) is 0 Å². The molecule has 1 saturated carbocycles.